The van der Waals surface area contributed by atoms with Crippen LogP contribution >= 0.6 is 0 Å². The maximum absolute atomic E-state index is 12.4. The Morgan fingerprint density at radius 2 is 1.88 bits per heavy atom. The van der Waals surface area contributed by atoms with E-state index in [-0.39, 0.29) is 10.8 Å². The molecule has 3 rings (SSSR count). The average molecular weight is 350 g/mol. The summed E-state index contributed by atoms with van der Waals surface area (Å²) in [4.78, 5) is 14.8. The quantitative estimate of drug-likeness (QED) is 0.906. The fourth-order valence-electron chi connectivity index (χ4n) is 4.11. The van der Waals surface area contributed by atoms with Gasteiger partial charge in [-0.15, -0.1) is 0 Å². The van der Waals surface area contributed by atoms with E-state index in [1.807, 2.05) is 0 Å². The molecule has 1 heterocycles. The van der Waals surface area contributed by atoms with Gasteiger partial charge in [-0.1, -0.05) is 31.4 Å². The van der Waals surface area contributed by atoms with Gasteiger partial charge >= 0.3 is 0 Å². The maximum atomic E-state index is 12.4. The van der Waals surface area contributed by atoms with Gasteiger partial charge < -0.3 is 5.32 Å². The van der Waals surface area contributed by atoms with Crippen LogP contribution in [0, 0.1) is 11.8 Å². The van der Waals surface area contributed by atoms with Gasteiger partial charge in [0.05, 0.1) is 17.1 Å². The SMILES string of the molecule is CS(=O)(=O)c1ccccc1NC(=O)CN1CC[C@@H]2CCCC[C@@H]2C1. The Balaban J connectivity index is 1.60. The highest BCUT2D eigenvalue weighted by Gasteiger charge is 2.31. The second-order valence-corrected chi connectivity index (χ2v) is 9.13. The second-order valence-electron chi connectivity index (χ2n) is 7.14. The van der Waals surface area contributed by atoms with Gasteiger partial charge in [0.1, 0.15) is 0 Å². The molecule has 0 bridgehead atoms. The number of piperidine rings is 1. The summed E-state index contributed by atoms with van der Waals surface area (Å²) in [5.41, 5.74) is 0.373. The van der Waals surface area contributed by atoms with Gasteiger partial charge in [-0.2, -0.15) is 0 Å². The van der Waals surface area contributed by atoms with E-state index in [0.717, 1.165) is 31.2 Å². The van der Waals surface area contributed by atoms with Gasteiger partial charge in [-0.3, -0.25) is 9.69 Å². The third-order valence-corrected chi connectivity index (χ3v) is 6.46. The second kappa shape index (κ2) is 7.23. The third-order valence-electron chi connectivity index (χ3n) is 5.30. The van der Waals surface area contributed by atoms with Gasteiger partial charge in [-0.25, -0.2) is 8.42 Å². The highest BCUT2D eigenvalue weighted by atomic mass is 32.2. The van der Waals surface area contributed by atoms with Crippen LogP contribution in [0.1, 0.15) is 32.1 Å². The molecule has 1 aliphatic carbocycles. The highest BCUT2D eigenvalue weighted by Crippen LogP contribution is 2.35. The van der Waals surface area contributed by atoms with Crippen LogP contribution in [0.25, 0.3) is 0 Å². The summed E-state index contributed by atoms with van der Waals surface area (Å²) in [7, 11) is -3.36. The molecule has 0 aromatic heterocycles. The van der Waals surface area contributed by atoms with E-state index < -0.39 is 9.84 Å². The van der Waals surface area contributed by atoms with Gasteiger partial charge in [0, 0.05) is 12.8 Å². The number of fused-ring (bicyclic) bond motifs is 1. The fraction of sp³-hybridized carbons (Fsp3) is 0.611. The number of sulfone groups is 1. The van der Waals surface area contributed by atoms with Gasteiger partial charge in [0.2, 0.25) is 5.91 Å². The smallest absolute Gasteiger partial charge is 0.238 e. The van der Waals surface area contributed by atoms with Crippen molar-refractivity contribution in [1.29, 1.82) is 0 Å². The zero-order valence-electron chi connectivity index (χ0n) is 14.2. The minimum atomic E-state index is -3.36. The van der Waals surface area contributed by atoms with E-state index in [1.54, 1.807) is 18.2 Å². The summed E-state index contributed by atoms with van der Waals surface area (Å²) in [6.45, 7) is 2.29. The van der Waals surface area contributed by atoms with Gasteiger partial charge in [0.25, 0.3) is 0 Å². The lowest BCUT2D eigenvalue weighted by Crippen LogP contribution is -2.44. The van der Waals surface area contributed by atoms with Crippen LogP contribution in [0.4, 0.5) is 5.69 Å². The topological polar surface area (TPSA) is 66.5 Å². The van der Waals surface area contributed by atoms with E-state index in [0.29, 0.717) is 12.2 Å². The molecule has 2 aliphatic rings. The number of hydrogen-bond acceptors (Lipinski definition) is 4. The molecule has 0 unspecified atom stereocenters. The molecule has 6 heteroatoms. The number of amides is 1. The van der Waals surface area contributed by atoms with Crippen molar-refractivity contribution in [3.8, 4) is 0 Å². The molecule has 2 fully saturated rings. The van der Waals surface area contributed by atoms with E-state index in [1.165, 1.54) is 38.2 Å². The molecule has 0 radical (unpaired) electrons. The maximum Gasteiger partial charge on any atom is 0.238 e. The summed E-state index contributed by atoms with van der Waals surface area (Å²) < 4.78 is 23.6. The molecule has 2 atom stereocenters. The minimum absolute atomic E-state index is 0.139. The lowest BCUT2D eigenvalue weighted by atomic mass is 9.75. The van der Waals surface area contributed by atoms with Crippen molar-refractivity contribution in [2.45, 2.75) is 37.0 Å². The molecule has 1 aromatic rings. The number of carbonyl (C=O) groups excluding carboxylic acids is 1. The Bertz CT molecular complexity index is 702. The first-order chi connectivity index (χ1) is 11.4. The zero-order chi connectivity index (χ0) is 17.2. The van der Waals surface area contributed by atoms with Crippen LogP contribution in [0.5, 0.6) is 0 Å². The molecular formula is C18H26N2O3S. The largest absolute Gasteiger partial charge is 0.324 e. The number of anilines is 1. The Kier molecular flexibility index (Phi) is 5.25. The van der Waals surface area contributed by atoms with Crippen LogP contribution in [0.2, 0.25) is 0 Å². The molecule has 1 N–H and O–H groups in total. The van der Waals surface area contributed by atoms with Crippen LogP contribution < -0.4 is 5.32 Å². The fourth-order valence-corrected chi connectivity index (χ4v) is 4.95. The van der Waals surface area contributed by atoms with Crippen LogP contribution in [-0.2, 0) is 14.6 Å². The number of para-hydroxylation sites is 1. The highest BCUT2D eigenvalue weighted by molar-refractivity contribution is 7.90. The number of nitrogens with zero attached hydrogens (tertiary/aromatic N) is 1. The van der Waals surface area contributed by atoms with Crippen LogP contribution in [0.15, 0.2) is 29.2 Å². The van der Waals surface area contributed by atoms with Crippen molar-refractivity contribution in [3.05, 3.63) is 24.3 Å². The first-order valence-electron chi connectivity index (χ1n) is 8.75. The first-order valence-corrected chi connectivity index (χ1v) is 10.6. The number of likely N-dealkylation sites (tertiary alicyclic amines) is 1. The standard InChI is InChI=1S/C18H26N2O3S/c1-24(22,23)17-9-5-4-8-16(17)19-18(21)13-20-11-10-14-6-2-3-7-15(14)12-20/h4-5,8-9,14-15H,2-3,6-7,10-13H2,1H3,(H,19,21)/t14-,15+/m0/s1. The molecule has 1 aromatic carbocycles. The third kappa shape index (κ3) is 4.16. The molecule has 24 heavy (non-hydrogen) atoms. The van der Waals surface area contributed by atoms with Crippen molar-refractivity contribution < 1.29 is 13.2 Å². The normalized spacial score (nSPS) is 25.0. The summed E-state index contributed by atoms with van der Waals surface area (Å²) in [6, 6.07) is 6.57. The molecular weight excluding hydrogens is 324 g/mol. The predicted molar refractivity (Wildman–Crippen MR) is 94.7 cm³/mol. The van der Waals surface area contributed by atoms with Crippen LogP contribution in [-0.4, -0.2) is 45.1 Å². The number of benzene rings is 1. The zero-order valence-corrected chi connectivity index (χ0v) is 15.0. The number of carbonyl (C=O) groups is 1. The average Bonchev–Trinajstić information content (AvgIpc) is 2.54. The monoisotopic (exact) mass is 350 g/mol. The lowest BCUT2D eigenvalue weighted by molar-refractivity contribution is -0.118. The van der Waals surface area contributed by atoms with E-state index in [2.05, 4.69) is 10.2 Å². The van der Waals surface area contributed by atoms with Gasteiger partial charge in [0.15, 0.2) is 9.84 Å². The van der Waals surface area contributed by atoms with Crippen molar-refractivity contribution in [3.63, 3.8) is 0 Å². The molecule has 0 spiro atoms. The van der Waals surface area contributed by atoms with E-state index >= 15 is 0 Å². The van der Waals surface area contributed by atoms with Crippen molar-refractivity contribution in [1.82, 2.24) is 4.90 Å². The summed E-state index contributed by atoms with van der Waals surface area (Å²) in [5.74, 6) is 1.42. The lowest BCUT2D eigenvalue weighted by Gasteiger charge is -2.41. The van der Waals surface area contributed by atoms with Crippen molar-refractivity contribution in [2.75, 3.05) is 31.2 Å². The number of nitrogens with one attached hydrogen (secondary N) is 1. The van der Waals surface area contributed by atoms with Crippen LogP contribution in [0.3, 0.4) is 0 Å². The molecule has 1 amide bonds. The predicted octanol–water partition coefficient (Wildman–Crippen LogP) is 2.54. The number of rotatable bonds is 4. The Hall–Kier alpha value is -1.40. The Labute approximate surface area is 144 Å². The van der Waals surface area contributed by atoms with Crippen molar-refractivity contribution >= 4 is 21.4 Å². The Morgan fingerprint density at radius 1 is 1.17 bits per heavy atom. The first kappa shape index (κ1) is 17.4. The molecule has 1 saturated carbocycles. The minimum Gasteiger partial charge on any atom is -0.324 e. The molecule has 1 aliphatic heterocycles. The summed E-state index contributed by atoms with van der Waals surface area (Å²) in [5, 5.41) is 2.78. The number of hydrogen-bond donors (Lipinski definition) is 1. The van der Waals surface area contributed by atoms with E-state index in [4.69, 9.17) is 0 Å². The van der Waals surface area contributed by atoms with Gasteiger partial charge in [-0.05, 0) is 43.4 Å². The van der Waals surface area contributed by atoms with E-state index in [9.17, 15) is 13.2 Å². The Morgan fingerprint density at radius 3 is 2.62 bits per heavy atom. The molecule has 132 valence electrons. The van der Waals surface area contributed by atoms with Crippen molar-refractivity contribution in [2.24, 2.45) is 11.8 Å². The summed E-state index contributed by atoms with van der Waals surface area (Å²) >= 11 is 0. The summed E-state index contributed by atoms with van der Waals surface area (Å²) in [6.07, 6.45) is 7.61. The molecule has 1 saturated heterocycles. The molecule has 5 nitrogen and oxygen atoms in total.